The summed E-state index contributed by atoms with van der Waals surface area (Å²) in [4.78, 5) is 0. The Labute approximate surface area is 112 Å². The Kier molecular flexibility index (Phi) is 26.1. The van der Waals surface area contributed by atoms with E-state index in [9.17, 15) is 0 Å². The molecule has 1 nitrogen and oxygen atoms in total. The van der Waals surface area contributed by atoms with Crippen molar-refractivity contribution < 1.29 is 5.48 Å². The molecule has 0 aromatic carbocycles. The Balaban J connectivity index is -0.000000180. The van der Waals surface area contributed by atoms with Gasteiger partial charge in [-0.1, -0.05) is 0 Å². The van der Waals surface area contributed by atoms with Crippen LogP contribution in [0.1, 0.15) is 41.5 Å². The van der Waals surface area contributed by atoms with E-state index in [1.165, 1.54) is 0 Å². The first-order valence-electron chi connectivity index (χ1n) is 6.36. The monoisotopic (exact) mass is 430 g/mol. The van der Waals surface area contributed by atoms with Crippen LogP contribution < -0.4 is 0 Å². The number of rotatable bonds is 6. The van der Waals surface area contributed by atoms with E-state index in [0.29, 0.717) is 0 Å². The van der Waals surface area contributed by atoms with Crippen molar-refractivity contribution in [2.75, 3.05) is 0 Å². The predicted octanol–water partition coefficient (Wildman–Crippen LogP) is 4.96. The van der Waals surface area contributed by atoms with E-state index >= 15 is 0 Å². The van der Waals surface area contributed by atoms with Gasteiger partial charge in [0, 0.05) is 0 Å². The Morgan fingerprint density at radius 1 is 0.467 bits per heavy atom. The van der Waals surface area contributed by atoms with Crippen molar-refractivity contribution in [3.8, 4) is 0 Å². The molecule has 0 aliphatic carbocycles. The van der Waals surface area contributed by atoms with Crippen molar-refractivity contribution in [2.24, 2.45) is 0 Å². The SMILES string of the molecule is C[CH2][Sn+]([CH2]C)[CH2]C.C[CH2][Sn+]([CH2]C)[CH2]C.[O-2]. The molecule has 0 aliphatic heterocycles. The van der Waals surface area contributed by atoms with Gasteiger partial charge in [0.25, 0.3) is 0 Å². The van der Waals surface area contributed by atoms with Gasteiger partial charge in [0.05, 0.1) is 0 Å². The van der Waals surface area contributed by atoms with E-state index in [2.05, 4.69) is 41.5 Å². The molecule has 0 unspecified atom stereocenters. The zero-order valence-corrected chi connectivity index (χ0v) is 17.4. The van der Waals surface area contributed by atoms with Crippen LogP contribution in [0.3, 0.4) is 0 Å². The molecule has 0 aromatic rings. The van der Waals surface area contributed by atoms with E-state index in [0.717, 1.165) is 0 Å². The summed E-state index contributed by atoms with van der Waals surface area (Å²) in [6.45, 7) is 14.1. The maximum Gasteiger partial charge on any atom is -2.00 e. The van der Waals surface area contributed by atoms with E-state index in [-0.39, 0.29) is 5.48 Å². The van der Waals surface area contributed by atoms with E-state index in [1.807, 2.05) is 0 Å². The summed E-state index contributed by atoms with van der Waals surface area (Å²) < 4.78 is 9.30. The van der Waals surface area contributed by atoms with Gasteiger partial charge < -0.3 is 5.48 Å². The summed E-state index contributed by atoms with van der Waals surface area (Å²) in [5, 5.41) is 0. The summed E-state index contributed by atoms with van der Waals surface area (Å²) in [6, 6.07) is 0. The zero-order chi connectivity index (χ0) is 11.4. The van der Waals surface area contributed by atoms with Crippen molar-refractivity contribution in [1.29, 1.82) is 0 Å². The topological polar surface area (TPSA) is 28.5 Å². The quantitative estimate of drug-likeness (QED) is 0.536. The van der Waals surface area contributed by atoms with Crippen LogP contribution in [-0.2, 0) is 5.48 Å². The van der Waals surface area contributed by atoms with Crippen LogP contribution >= 0.6 is 0 Å². The fourth-order valence-corrected chi connectivity index (χ4v) is 10.1. The van der Waals surface area contributed by atoms with Crippen LogP contribution in [0.5, 0.6) is 0 Å². The molecule has 0 N–H and O–H groups in total. The molecule has 0 spiro atoms. The summed E-state index contributed by atoms with van der Waals surface area (Å²) in [5.41, 5.74) is 0. The third-order valence-electron chi connectivity index (χ3n) is 3.00. The molecule has 0 aromatic heterocycles. The van der Waals surface area contributed by atoms with Gasteiger partial charge in [0.2, 0.25) is 0 Å². The largest absolute Gasteiger partial charge is 2.00 e. The van der Waals surface area contributed by atoms with Crippen LogP contribution in [0.4, 0.5) is 0 Å². The Bertz CT molecular complexity index is 68.6. The van der Waals surface area contributed by atoms with Crippen molar-refractivity contribution in [3.05, 3.63) is 0 Å². The summed E-state index contributed by atoms with van der Waals surface area (Å²) in [7, 11) is 0. The van der Waals surface area contributed by atoms with Gasteiger partial charge >= 0.3 is 108 Å². The third-order valence-corrected chi connectivity index (χ3v) is 20.1. The smallest absolute Gasteiger partial charge is 2.00 e. The fraction of sp³-hybridized carbons (Fsp3) is 1.00. The standard InChI is InChI=1S/6C2H5.O.2Sn/c6*1-2;;;/h6*1H2,2H3;;;/q;;;;;;-2;2*+1. The first-order valence-corrected chi connectivity index (χ1v) is 18.5. The third kappa shape index (κ3) is 15.6. The first kappa shape index (κ1) is 21.8. The van der Waals surface area contributed by atoms with Crippen LogP contribution in [0.25, 0.3) is 0 Å². The van der Waals surface area contributed by atoms with Crippen LogP contribution in [0.15, 0.2) is 0 Å². The molecule has 15 heavy (non-hydrogen) atoms. The van der Waals surface area contributed by atoms with Gasteiger partial charge in [-0.2, -0.15) is 0 Å². The summed E-state index contributed by atoms with van der Waals surface area (Å²) in [6.07, 6.45) is 0. The molecule has 0 saturated carbocycles. The molecule has 0 fully saturated rings. The van der Waals surface area contributed by atoms with Gasteiger partial charge in [-0.25, -0.2) is 0 Å². The average Bonchev–Trinajstić information content (AvgIpc) is 2.24. The van der Waals surface area contributed by atoms with Gasteiger partial charge in [-0.05, 0) is 0 Å². The first-order chi connectivity index (χ1) is 6.69. The zero-order valence-electron chi connectivity index (χ0n) is 11.7. The fourth-order valence-electron chi connectivity index (χ4n) is 1.50. The van der Waals surface area contributed by atoms with Gasteiger partial charge in [-0.3, -0.25) is 0 Å². The van der Waals surface area contributed by atoms with Crippen molar-refractivity contribution in [1.82, 2.24) is 0 Å². The molecule has 0 amide bonds. The number of hydrogen-bond donors (Lipinski definition) is 0. The second-order valence-electron chi connectivity index (χ2n) is 3.62. The minimum Gasteiger partial charge on any atom is -2.00 e. The van der Waals surface area contributed by atoms with Crippen molar-refractivity contribution in [2.45, 2.75) is 68.2 Å². The Morgan fingerprint density at radius 2 is 0.600 bits per heavy atom. The van der Waals surface area contributed by atoms with Crippen LogP contribution in [0.2, 0.25) is 26.6 Å². The van der Waals surface area contributed by atoms with Crippen molar-refractivity contribution >= 4 is 39.5 Å². The molecule has 0 aliphatic rings. The maximum absolute atomic E-state index is 2.35. The van der Waals surface area contributed by atoms with Crippen LogP contribution in [-0.4, -0.2) is 39.5 Å². The maximum atomic E-state index is 2.35. The van der Waals surface area contributed by atoms with Gasteiger partial charge in [0.15, 0.2) is 0 Å². The molecular formula is C12H30OSn2. The molecule has 0 bridgehead atoms. The summed E-state index contributed by atoms with van der Waals surface area (Å²) in [5.74, 6) is 0. The molecule has 3 heteroatoms. The van der Waals surface area contributed by atoms with Gasteiger partial charge in [0.1, 0.15) is 0 Å². The normalized spacial score (nSPS) is 8.40. The Hall–Kier alpha value is 1.56. The summed E-state index contributed by atoms with van der Waals surface area (Å²) >= 11 is -1.31. The molecule has 0 rings (SSSR count). The molecule has 0 heterocycles. The average molecular weight is 428 g/mol. The molecule has 92 valence electrons. The molecule has 0 saturated heterocycles. The predicted molar refractivity (Wildman–Crippen MR) is 75.1 cm³/mol. The van der Waals surface area contributed by atoms with Gasteiger partial charge in [-0.15, -0.1) is 0 Å². The second kappa shape index (κ2) is 17.9. The van der Waals surface area contributed by atoms with E-state index in [4.69, 9.17) is 0 Å². The minimum atomic E-state index is -0.653. The van der Waals surface area contributed by atoms with Crippen LogP contribution in [0, 0.1) is 0 Å². The van der Waals surface area contributed by atoms with Crippen molar-refractivity contribution in [3.63, 3.8) is 0 Å². The molecular weight excluding hydrogens is 398 g/mol. The Morgan fingerprint density at radius 3 is 0.600 bits per heavy atom. The number of hydrogen-bond acceptors (Lipinski definition) is 0. The molecule has 0 radical (unpaired) electrons. The second-order valence-corrected chi connectivity index (χ2v) is 24.3. The molecule has 0 atom stereocenters. The van der Waals surface area contributed by atoms with E-state index in [1.54, 1.807) is 26.6 Å². The van der Waals surface area contributed by atoms with E-state index < -0.39 is 39.5 Å². The minimum absolute atomic E-state index is 0.